The Kier molecular flexibility index (Phi) is 6.89. The maximum Gasteiger partial charge on any atom is 0.431 e. The molecule has 0 aliphatic heterocycles. The lowest BCUT2D eigenvalue weighted by molar-refractivity contribution is -0.144. The minimum absolute atomic E-state index is 0.0175. The Bertz CT molecular complexity index is 1240. The highest BCUT2D eigenvalue weighted by Gasteiger charge is 2.35. The number of rotatable bonds is 3. The minimum atomic E-state index is -4.97. The molecule has 2 rings (SSSR count). The van der Waals surface area contributed by atoms with Crippen LogP contribution in [0.4, 0.5) is 17.6 Å². The monoisotopic (exact) mass is 470 g/mol. The van der Waals surface area contributed by atoms with E-state index in [9.17, 15) is 31.9 Å². The molecule has 0 atom stereocenters. The van der Waals surface area contributed by atoms with Crippen LogP contribution in [0.2, 0.25) is 19.6 Å². The molecule has 1 heterocycles. The zero-order valence-corrected chi connectivity index (χ0v) is 19.3. The number of benzene rings is 1. The van der Waals surface area contributed by atoms with Gasteiger partial charge in [0.1, 0.15) is 19.6 Å². The predicted octanol–water partition coefficient (Wildman–Crippen LogP) is 3.49. The van der Waals surface area contributed by atoms with Crippen molar-refractivity contribution in [2.45, 2.75) is 45.8 Å². The molecule has 0 saturated carbocycles. The van der Waals surface area contributed by atoms with Gasteiger partial charge in [0.05, 0.1) is 17.4 Å². The summed E-state index contributed by atoms with van der Waals surface area (Å²) in [7, 11) is -1.12. The van der Waals surface area contributed by atoms with E-state index in [1.807, 2.05) is 19.6 Å². The van der Waals surface area contributed by atoms with E-state index in [2.05, 4.69) is 11.5 Å². The quantitative estimate of drug-likeness (QED) is 0.298. The Labute approximate surface area is 182 Å². The fourth-order valence-corrected chi connectivity index (χ4v) is 3.17. The van der Waals surface area contributed by atoms with Crippen LogP contribution in [0.25, 0.3) is 5.69 Å². The highest BCUT2D eigenvalue weighted by atomic mass is 28.3. The summed E-state index contributed by atoms with van der Waals surface area (Å²) in [6, 6.07) is 1.94. The standard InChI is InChI=1S/C21H22F4N2O4Si/c1-12(2)31-19(29)14-10-16(15(22)9-13(14)7-8-32(4,5)6)27-18(28)11-17(21(23,24)25)26(3)20(27)30/h9-12H,1-6H3. The van der Waals surface area contributed by atoms with Gasteiger partial charge in [0.25, 0.3) is 5.56 Å². The van der Waals surface area contributed by atoms with Crippen LogP contribution < -0.4 is 11.2 Å². The van der Waals surface area contributed by atoms with Crippen LogP contribution in [0, 0.1) is 17.3 Å². The lowest BCUT2D eigenvalue weighted by atomic mass is 10.1. The number of aromatic nitrogens is 2. The second-order valence-corrected chi connectivity index (χ2v) is 13.1. The molecule has 2 aromatic rings. The van der Waals surface area contributed by atoms with Crippen molar-refractivity contribution in [3.63, 3.8) is 0 Å². The summed E-state index contributed by atoms with van der Waals surface area (Å²) >= 11 is 0. The first-order valence-electron chi connectivity index (χ1n) is 9.51. The Morgan fingerprint density at radius 2 is 1.72 bits per heavy atom. The van der Waals surface area contributed by atoms with Crippen molar-refractivity contribution in [1.82, 2.24) is 9.13 Å². The summed E-state index contributed by atoms with van der Waals surface area (Å²) in [5, 5.41) is 0. The van der Waals surface area contributed by atoms with Gasteiger partial charge in [0.2, 0.25) is 0 Å². The zero-order chi connectivity index (χ0) is 24.6. The molecule has 0 radical (unpaired) electrons. The minimum Gasteiger partial charge on any atom is -0.459 e. The van der Waals surface area contributed by atoms with E-state index in [1.165, 1.54) is 0 Å². The second-order valence-electron chi connectivity index (χ2n) is 8.35. The van der Waals surface area contributed by atoms with Crippen molar-refractivity contribution in [3.8, 4) is 17.2 Å². The molecule has 0 unspecified atom stereocenters. The number of ether oxygens (including phenoxy) is 1. The van der Waals surface area contributed by atoms with Crippen LogP contribution in [0.3, 0.4) is 0 Å². The number of carbonyl (C=O) groups is 1. The van der Waals surface area contributed by atoms with E-state index in [0.717, 1.165) is 19.2 Å². The van der Waals surface area contributed by atoms with Crippen molar-refractivity contribution in [1.29, 1.82) is 0 Å². The smallest absolute Gasteiger partial charge is 0.431 e. The van der Waals surface area contributed by atoms with E-state index >= 15 is 0 Å². The van der Waals surface area contributed by atoms with Crippen LogP contribution in [-0.2, 0) is 18.0 Å². The number of carbonyl (C=O) groups excluding carboxylic acids is 1. The number of esters is 1. The van der Waals surface area contributed by atoms with Gasteiger partial charge in [-0.2, -0.15) is 13.2 Å². The molecule has 11 heteroatoms. The van der Waals surface area contributed by atoms with Crippen molar-refractivity contribution < 1.29 is 27.1 Å². The third-order valence-electron chi connectivity index (χ3n) is 4.07. The number of halogens is 4. The molecule has 6 nitrogen and oxygen atoms in total. The van der Waals surface area contributed by atoms with Crippen LogP contribution in [0.5, 0.6) is 0 Å². The summed E-state index contributed by atoms with van der Waals surface area (Å²) in [6.45, 7) is 8.98. The van der Waals surface area contributed by atoms with Crippen molar-refractivity contribution in [2.24, 2.45) is 7.05 Å². The Balaban J connectivity index is 2.86. The fraction of sp³-hybridized carbons (Fsp3) is 0.381. The van der Waals surface area contributed by atoms with E-state index in [0.29, 0.717) is 0 Å². The number of hydrogen-bond acceptors (Lipinski definition) is 4. The van der Waals surface area contributed by atoms with Gasteiger partial charge in [-0.25, -0.2) is 18.5 Å². The molecule has 1 aromatic heterocycles. The highest BCUT2D eigenvalue weighted by Crippen LogP contribution is 2.27. The summed E-state index contributed by atoms with van der Waals surface area (Å²) < 4.78 is 59.8. The average Bonchev–Trinajstić information content (AvgIpc) is 2.62. The van der Waals surface area contributed by atoms with Gasteiger partial charge in [-0.1, -0.05) is 25.6 Å². The summed E-state index contributed by atoms with van der Waals surface area (Å²) in [4.78, 5) is 37.5. The maximum atomic E-state index is 14.9. The zero-order valence-electron chi connectivity index (χ0n) is 18.3. The van der Waals surface area contributed by atoms with Crippen LogP contribution >= 0.6 is 0 Å². The largest absolute Gasteiger partial charge is 0.459 e. The van der Waals surface area contributed by atoms with E-state index < -0.39 is 54.8 Å². The molecule has 172 valence electrons. The molecule has 0 amide bonds. The normalized spacial score (nSPS) is 11.8. The molecule has 0 aliphatic rings. The van der Waals surface area contributed by atoms with Crippen molar-refractivity contribution in [2.75, 3.05) is 0 Å². The van der Waals surface area contributed by atoms with Gasteiger partial charge in [0.15, 0.2) is 0 Å². The molecule has 1 aromatic carbocycles. The third kappa shape index (κ3) is 5.56. The van der Waals surface area contributed by atoms with Crippen molar-refractivity contribution >= 4 is 14.0 Å². The molecule has 0 bridgehead atoms. The van der Waals surface area contributed by atoms with Gasteiger partial charge in [-0.3, -0.25) is 9.36 Å². The summed E-state index contributed by atoms with van der Waals surface area (Å²) in [6.07, 6.45) is -5.50. The number of hydrogen-bond donors (Lipinski definition) is 0. The average molecular weight is 470 g/mol. The second kappa shape index (κ2) is 8.78. The lowest BCUT2D eigenvalue weighted by Gasteiger charge is -2.16. The fourth-order valence-electron chi connectivity index (χ4n) is 2.66. The van der Waals surface area contributed by atoms with Gasteiger partial charge in [0, 0.05) is 18.7 Å². The lowest BCUT2D eigenvalue weighted by Crippen LogP contribution is -2.41. The van der Waals surface area contributed by atoms with Crippen LogP contribution in [0.1, 0.15) is 35.5 Å². The summed E-state index contributed by atoms with van der Waals surface area (Å²) in [5.74, 6) is 0.764. The van der Waals surface area contributed by atoms with E-state index in [-0.39, 0.29) is 26.3 Å². The Morgan fingerprint density at radius 3 is 2.22 bits per heavy atom. The molecule has 32 heavy (non-hydrogen) atoms. The van der Waals surface area contributed by atoms with E-state index in [1.54, 1.807) is 13.8 Å². The third-order valence-corrected chi connectivity index (χ3v) is 4.95. The van der Waals surface area contributed by atoms with Crippen LogP contribution in [-0.4, -0.2) is 29.3 Å². The highest BCUT2D eigenvalue weighted by molar-refractivity contribution is 6.83. The first-order valence-corrected chi connectivity index (χ1v) is 13.0. The molecular weight excluding hydrogens is 448 g/mol. The predicted molar refractivity (Wildman–Crippen MR) is 113 cm³/mol. The van der Waals surface area contributed by atoms with Crippen molar-refractivity contribution in [3.05, 3.63) is 61.7 Å². The number of nitrogens with zero attached hydrogens (tertiary/aromatic N) is 2. The molecule has 0 saturated heterocycles. The molecule has 0 fully saturated rings. The SMILES string of the molecule is CC(C)OC(=O)c1cc(-n2c(=O)cc(C(F)(F)F)n(C)c2=O)c(F)cc1C#C[Si](C)(C)C. The molecule has 0 N–H and O–H groups in total. The molecular formula is C21H22F4N2O4Si. The van der Waals surface area contributed by atoms with Gasteiger partial charge in [-0.15, -0.1) is 5.54 Å². The topological polar surface area (TPSA) is 70.3 Å². The first-order chi connectivity index (χ1) is 14.5. The Morgan fingerprint density at radius 1 is 1.12 bits per heavy atom. The molecule has 0 spiro atoms. The van der Waals surface area contributed by atoms with Gasteiger partial charge >= 0.3 is 17.8 Å². The Hall–Kier alpha value is -3.13. The number of alkyl halides is 3. The van der Waals surface area contributed by atoms with Crippen LogP contribution in [0.15, 0.2) is 27.8 Å². The first kappa shape index (κ1) is 25.1. The van der Waals surface area contributed by atoms with Gasteiger partial charge in [-0.05, 0) is 26.0 Å². The van der Waals surface area contributed by atoms with E-state index in [4.69, 9.17) is 4.74 Å². The molecule has 0 aliphatic carbocycles. The van der Waals surface area contributed by atoms with Gasteiger partial charge < -0.3 is 4.74 Å². The maximum absolute atomic E-state index is 14.9. The summed E-state index contributed by atoms with van der Waals surface area (Å²) in [5.41, 5.74) is -2.24.